The van der Waals surface area contributed by atoms with Crippen molar-refractivity contribution in [3.63, 3.8) is 0 Å². The molecule has 7 nitrogen and oxygen atoms in total. The van der Waals surface area contributed by atoms with Crippen LogP contribution in [0.1, 0.15) is 54.3 Å². The van der Waals surface area contributed by atoms with Gasteiger partial charge in [-0.1, -0.05) is 20.3 Å². The minimum Gasteiger partial charge on any atom is -0.494 e. The zero-order valence-corrected chi connectivity index (χ0v) is 19.9. The minimum absolute atomic E-state index is 0.232. The van der Waals surface area contributed by atoms with Crippen LogP contribution in [0.5, 0.6) is 5.75 Å². The third-order valence-electron chi connectivity index (χ3n) is 5.80. The number of anilines is 2. The maximum Gasteiger partial charge on any atom is 0.338 e. The van der Waals surface area contributed by atoms with Crippen molar-refractivity contribution >= 4 is 23.3 Å². The predicted octanol–water partition coefficient (Wildman–Crippen LogP) is 4.44. The van der Waals surface area contributed by atoms with E-state index in [9.17, 15) is 9.59 Å². The Balaban J connectivity index is 1.79. The second-order valence-corrected chi connectivity index (χ2v) is 8.05. The normalized spacial score (nSPS) is 14.1. The summed E-state index contributed by atoms with van der Waals surface area (Å²) in [6, 6.07) is 12.5. The van der Waals surface area contributed by atoms with Gasteiger partial charge in [0.25, 0.3) is 5.91 Å². The summed E-state index contributed by atoms with van der Waals surface area (Å²) in [6.07, 6.45) is 2.06. The van der Waals surface area contributed by atoms with Gasteiger partial charge in [0.1, 0.15) is 5.75 Å². The molecule has 1 fully saturated rings. The Morgan fingerprint density at radius 2 is 1.64 bits per heavy atom. The maximum atomic E-state index is 13.0. The molecule has 0 radical (unpaired) electrons. The van der Waals surface area contributed by atoms with Crippen LogP contribution in [0.25, 0.3) is 0 Å². The summed E-state index contributed by atoms with van der Waals surface area (Å²) in [4.78, 5) is 30.0. The molecule has 3 rings (SSSR count). The van der Waals surface area contributed by atoms with Crippen LogP contribution in [0, 0.1) is 0 Å². The highest BCUT2D eigenvalue weighted by molar-refractivity contribution is 6.07. The number of benzene rings is 2. The van der Waals surface area contributed by atoms with Crippen molar-refractivity contribution in [2.24, 2.45) is 0 Å². The van der Waals surface area contributed by atoms with Gasteiger partial charge in [-0.15, -0.1) is 0 Å². The molecule has 1 heterocycles. The lowest BCUT2D eigenvalue weighted by molar-refractivity contribution is 0.0526. The van der Waals surface area contributed by atoms with Gasteiger partial charge in [-0.05, 0) is 62.4 Å². The molecule has 1 aliphatic heterocycles. The highest BCUT2D eigenvalue weighted by atomic mass is 16.5. The van der Waals surface area contributed by atoms with Crippen molar-refractivity contribution in [2.75, 3.05) is 56.2 Å². The van der Waals surface area contributed by atoms with Crippen molar-refractivity contribution in [1.82, 2.24) is 4.90 Å². The lowest BCUT2D eigenvalue weighted by Crippen LogP contribution is -2.46. The average molecular weight is 454 g/mol. The smallest absolute Gasteiger partial charge is 0.338 e. The molecular weight excluding hydrogens is 418 g/mol. The molecule has 33 heavy (non-hydrogen) atoms. The summed E-state index contributed by atoms with van der Waals surface area (Å²) in [5, 5.41) is 3.02. The van der Waals surface area contributed by atoms with Gasteiger partial charge >= 0.3 is 5.97 Å². The lowest BCUT2D eigenvalue weighted by Gasteiger charge is -2.36. The van der Waals surface area contributed by atoms with Gasteiger partial charge in [0.05, 0.1) is 30.2 Å². The van der Waals surface area contributed by atoms with Gasteiger partial charge in [-0.3, -0.25) is 4.79 Å². The summed E-state index contributed by atoms with van der Waals surface area (Å²) in [5.74, 6) is 0.118. The number of esters is 1. The SMILES string of the molecule is CCCCOc1ccc(C(=O)Nc2cc(C(=O)OCC)ccc2N2CCN(CC)CC2)cc1. The fourth-order valence-corrected chi connectivity index (χ4v) is 3.79. The number of hydrogen-bond donors (Lipinski definition) is 1. The van der Waals surface area contributed by atoms with Crippen molar-refractivity contribution in [3.8, 4) is 5.75 Å². The molecule has 1 N–H and O–H groups in total. The molecule has 0 unspecified atom stereocenters. The topological polar surface area (TPSA) is 71.1 Å². The van der Waals surface area contributed by atoms with E-state index in [0.717, 1.165) is 57.0 Å². The quantitative estimate of drug-likeness (QED) is 0.424. The number of amides is 1. The molecule has 0 saturated carbocycles. The lowest BCUT2D eigenvalue weighted by atomic mass is 10.1. The molecule has 178 valence electrons. The molecule has 1 amide bonds. The van der Waals surface area contributed by atoms with Crippen LogP contribution in [-0.4, -0.2) is 62.7 Å². The number of unbranched alkanes of at least 4 members (excludes halogenated alkanes) is 1. The number of rotatable bonds is 10. The first-order chi connectivity index (χ1) is 16.0. The summed E-state index contributed by atoms with van der Waals surface area (Å²) in [6.45, 7) is 11.7. The molecule has 2 aromatic carbocycles. The highest BCUT2D eigenvalue weighted by Crippen LogP contribution is 2.29. The molecular formula is C26H35N3O4. The van der Waals surface area contributed by atoms with E-state index >= 15 is 0 Å². The number of nitrogens with one attached hydrogen (secondary N) is 1. The van der Waals surface area contributed by atoms with E-state index in [-0.39, 0.29) is 5.91 Å². The molecule has 1 saturated heterocycles. The Kier molecular flexibility index (Phi) is 9.13. The number of carbonyl (C=O) groups excluding carboxylic acids is 2. The largest absolute Gasteiger partial charge is 0.494 e. The van der Waals surface area contributed by atoms with Crippen molar-refractivity contribution in [1.29, 1.82) is 0 Å². The van der Waals surface area contributed by atoms with Crippen molar-refractivity contribution in [3.05, 3.63) is 53.6 Å². The zero-order valence-electron chi connectivity index (χ0n) is 19.9. The molecule has 0 aromatic heterocycles. The van der Waals surface area contributed by atoms with E-state index in [1.807, 2.05) is 18.2 Å². The molecule has 7 heteroatoms. The standard InChI is InChI=1S/C26H35N3O4/c1-4-7-18-33-22-11-8-20(9-12-22)25(30)27-23-19-21(26(31)32-6-3)10-13-24(23)29-16-14-28(5-2)15-17-29/h8-13,19H,4-7,14-18H2,1-3H3,(H,27,30). The summed E-state index contributed by atoms with van der Waals surface area (Å²) in [7, 11) is 0. The van der Waals surface area contributed by atoms with Crippen LogP contribution in [0.4, 0.5) is 11.4 Å². The van der Waals surface area contributed by atoms with Crippen LogP contribution >= 0.6 is 0 Å². The van der Waals surface area contributed by atoms with Gasteiger partial charge in [-0.25, -0.2) is 4.79 Å². The fourth-order valence-electron chi connectivity index (χ4n) is 3.79. The first-order valence-electron chi connectivity index (χ1n) is 11.9. The maximum absolute atomic E-state index is 13.0. The van der Waals surface area contributed by atoms with Gasteiger partial charge in [0, 0.05) is 31.7 Å². The number of piperazine rings is 1. The Hall–Kier alpha value is -3.06. The zero-order chi connectivity index (χ0) is 23.6. The first kappa shape index (κ1) is 24.6. The van der Waals surface area contributed by atoms with E-state index < -0.39 is 5.97 Å². The summed E-state index contributed by atoms with van der Waals surface area (Å²) in [5.41, 5.74) is 2.47. The van der Waals surface area contributed by atoms with E-state index in [2.05, 4.69) is 29.0 Å². The molecule has 0 aliphatic carbocycles. The van der Waals surface area contributed by atoms with E-state index in [0.29, 0.717) is 30.0 Å². The van der Waals surface area contributed by atoms with Gasteiger partial charge in [0.2, 0.25) is 0 Å². The minimum atomic E-state index is -0.399. The number of carbonyl (C=O) groups is 2. The van der Waals surface area contributed by atoms with Crippen LogP contribution in [0.3, 0.4) is 0 Å². The van der Waals surface area contributed by atoms with Gasteiger partial charge in [-0.2, -0.15) is 0 Å². The Morgan fingerprint density at radius 3 is 2.27 bits per heavy atom. The number of likely N-dealkylation sites (N-methyl/N-ethyl adjacent to an activating group) is 1. The second kappa shape index (κ2) is 12.3. The Bertz CT molecular complexity index is 922. The van der Waals surface area contributed by atoms with Crippen LogP contribution < -0.4 is 15.0 Å². The third-order valence-corrected chi connectivity index (χ3v) is 5.80. The summed E-state index contributed by atoms with van der Waals surface area (Å²) >= 11 is 0. The van der Waals surface area contributed by atoms with Crippen molar-refractivity contribution < 1.29 is 19.1 Å². The number of nitrogens with zero attached hydrogens (tertiary/aromatic N) is 2. The van der Waals surface area contributed by atoms with E-state index in [1.165, 1.54) is 0 Å². The second-order valence-electron chi connectivity index (χ2n) is 8.05. The molecule has 0 bridgehead atoms. The van der Waals surface area contributed by atoms with Gasteiger partial charge < -0.3 is 24.6 Å². The molecule has 2 aromatic rings. The number of ether oxygens (including phenoxy) is 2. The highest BCUT2D eigenvalue weighted by Gasteiger charge is 2.21. The van der Waals surface area contributed by atoms with Crippen LogP contribution in [-0.2, 0) is 4.74 Å². The Labute approximate surface area is 196 Å². The predicted molar refractivity (Wildman–Crippen MR) is 132 cm³/mol. The fraction of sp³-hybridized carbons (Fsp3) is 0.462. The monoisotopic (exact) mass is 453 g/mol. The molecule has 0 atom stereocenters. The van der Waals surface area contributed by atoms with Gasteiger partial charge in [0.15, 0.2) is 0 Å². The molecule has 0 spiro atoms. The first-order valence-corrected chi connectivity index (χ1v) is 11.9. The van der Waals surface area contributed by atoms with Crippen LogP contribution in [0.2, 0.25) is 0 Å². The number of hydrogen-bond acceptors (Lipinski definition) is 6. The van der Waals surface area contributed by atoms with E-state index in [4.69, 9.17) is 9.47 Å². The van der Waals surface area contributed by atoms with Crippen LogP contribution in [0.15, 0.2) is 42.5 Å². The molecule has 1 aliphatic rings. The van der Waals surface area contributed by atoms with Crippen molar-refractivity contribution in [2.45, 2.75) is 33.6 Å². The third kappa shape index (κ3) is 6.71. The summed E-state index contributed by atoms with van der Waals surface area (Å²) < 4.78 is 10.8. The average Bonchev–Trinajstić information content (AvgIpc) is 2.85. The Morgan fingerprint density at radius 1 is 0.939 bits per heavy atom. The van der Waals surface area contributed by atoms with E-state index in [1.54, 1.807) is 31.2 Å².